The predicted octanol–water partition coefficient (Wildman–Crippen LogP) is 5.29. The van der Waals surface area contributed by atoms with Gasteiger partial charge >= 0.3 is 0 Å². The highest BCUT2D eigenvalue weighted by Crippen LogP contribution is 2.35. The van der Waals surface area contributed by atoms with Gasteiger partial charge in [0.1, 0.15) is 11.5 Å². The van der Waals surface area contributed by atoms with Crippen LogP contribution in [0.15, 0.2) is 48.3 Å². The van der Waals surface area contributed by atoms with E-state index in [2.05, 4.69) is 31.9 Å². The second-order valence-corrected chi connectivity index (χ2v) is 5.96. The number of para-hydroxylation sites is 1. The molecule has 0 aliphatic heterocycles. The molecule has 1 atom stereocenters. The Morgan fingerprint density at radius 2 is 1.84 bits per heavy atom. The first kappa shape index (κ1) is 13.2. The van der Waals surface area contributed by atoms with E-state index in [0.29, 0.717) is 26.8 Å². The van der Waals surface area contributed by atoms with Crippen LogP contribution in [-0.2, 0) is 0 Å². The number of fused-ring (bicyclic) bond motifs is 1. The SMILES string of the molecule is OC(c1cc(Br)c(Br)o1)c1cc2cccc(Cl)c2o1. The zero-order chi connectivity index (χ0) is 13.6. The molecule has 0 aliphatic rings. The molecule has 0 fully saturated rings. The number of hydrogen-bond acceptors (Lipinski definition) is 3. The topological polar surface area (TPSA) is 46.5 Å². The fourth-order valence-electron chi connectivity index (χ4n) is 1.82. The number of benzene rings is 1. The van der Waals surface area contributed by atoms with Crippen LogP contribution < -0.4 is 0 Å². The molecule has 19 heavy (non-hydrogen) atoms. The van der Waals surface area contributed by atoms with Crippen molar-refractivity contribution >= 4 is 54.4 Å². The highest BCUT2D eigenvalue weighted by atomic mass is 79.9. The van der Waals surface area contributed by atoms with Crippen LogP contribution in [-0.4, -0.2) is 5.11 Å². The zero-order valence-corrected chi connectivity index (χ0v) is 13.3. The molecule has 3 rings (SSSR count). The molecule has 0 radical (unpaired) electrons. The summed E-state index contributed by atoms with van der Waals surface area (Å²) in [6.07, 6.45) is -0.980. The highest BCUT2D eigenvalue weighted by molar-refractivity contribution is 9.13. The average Bonchev–Trinajstić information content (AvgIpc) is 2.94. The van der Waals surface area contributed by atoms with Crippen LogP contribution in [0.25, 0.3) is 11.0 Å². The van der Waals surface area contributed by atoms with Gasteiger partial charge in [0, 0.05) is 5.39 Å². The molecule has 0 aliphatic carbocycles. The van der Waals surface area contributed by atoms with Crippen molar-refractivity contribution in [1.29, 1.82) is 0 Å². The van der Waals surface area contributed by atoms with Crippen molar-refractivity contribution in [2.24, 2.45) is 0 Å². The lowest BCUT2D eigenvalue weighted by atomic mass is 10.2. The highest BCUT2D eigenvalue weighted by Gasteiger charge is 2.21. The maximum atomic E-state index is 10.2. The first-order chi connectivity index (χ1) is 9.06. The lowest BCUT2D eigenvalue weighted by molar-refractivity contribution is 0.163. The van der Waals surface area contributed by atoms with E-state index in [1.165, 1.54) is 0 Å². The van der Waals surface area contributed by atoms with Gasteiger partial charge in [-0.25, -0.2) is 0 Å². The molecular formula is C13H7Br2ClO3. The molecule has 1 N–H and O–H groups in total. The summed E-state index contributed by atoms with van der Waals surface area (Å²) < 4.78 is 12.2. The minimum atomic E-state index is -0.980. The second-order valence-electron chi connectivity index (χ2n) is 3.98. The summed E-state index contributed by atoms with van der Waals surface area (Å²) in [5.41, 5.74) is 0.558. The number of furan rings is 2. The van der Waals surface area contributed by atoms with E-state index in [1.807, 2.05) is 12.1 Å². The van der Waals surface area contributed by atoms with Gasteiger partial charge in [0.15, 0.2) is 16.4 Å². The lowest BCUT2D eigenvalue weighted by Crippen LogP contribution is -1.95. The standard InChI is InChI=1S/C13H7Br2ClO3/c14-7-5-10(19-13(7)15)11(17)9-4-6-2-1-3-8(16)12(6)18-9/h1-5,11,17H. The maximum absolute atomic E-state index is 10.2. The van der Waals surface area contributed by atoms with E-state index >= 15 is 0 Å². The van der Waals surface area contributed by atoms with E-state index in [0.717, 1.165) is 9.86 Å². The molecule has 0 saturated carbocycles. The smallest absolute Gasteiger partial charge is 0.183 e. The summed E-state index contributed by atoms with van der Waals surface area (Å²) in [7, 11) is 0. The molecule has 2 aromatic heterocycles. The van der Waals surface area contributed by atoms with Crippen LogP contribution >= 0.6 is 43.5 Å². The van der Waals surface area contributed by atoms with Gasteiger partial charge in [0.05, 0.1) is 9.50 Å². The summed E-state index contributed by atoms with van der Waals surface area (Å²) >= 11 is 12.6. The third kappa shape index (κ3) is 2.36. The van der Waals surface area contributed by atoms with Crippen molar-refractivity contribution in [1.82, 2.24) is 0 Å². The Morgan fingerprint density at radius 1 is 1.11 bits per heavy atom. The molecule has 3 nitrogen and oxygen atoms in total. The van der Waals surface area contributed by atoms with Crippen LogP contribution in [0.2, 0.25) is 5.02 Å². The van der Waals surface area contributed by atoms with Gasteiger partial charge in [-0.05, 0) is 50.1 Å². The van der Waals surface area contributed by atoms with Gasteiger partial charge in [0.25, 0.3) is 0 Å². The minimum absolute atomic E-state index is 0.383. The lowest BCUT2D eigenvalue weighted by Gasteiger charge is -2.02. The van der Waals surface area contributed by atoms with E-state index in [-0.39, 0.29) is 0 Å². The van der Waals surface area contributed by atoms with E-state index < -0.39 is 6.10 Å². The van der Waals surface area contributed by atoms with Crippen molar-refractivity contribution in [2.45, 2.75) is 6.10 Å². The summed E-state index contributed by atoms with van der Waals surface area (Å²) in [5.74, 6) is 0.769. The van der Waals surface area contributed by atoms with Crippen molar-refractivity contribution in [2.75, 3.05) is 0 Å². The molecule has 1 unspecified atom stereocenters. The molecule has 0 amide bonds. The largest absolute Gasteiger partial charge is 0.456 e. The molecule has 0 saturated heterocycles. The average molecular weight is 406 g/mol. The number of hydrogen-bond donors (Lipinski definition) is 1. The molecule has 98 valence electrons. The van der Waals surface area contributed by atoms with Crippen LogP contribution in [0.3, 0.4) is 0 Å². The van der Waals surface area contributed by atoms with Gasteiger partial charge in [-0.3, -0.25) is 0 Å². The number of rotatable bonds is 2. The molecule has 2 heterocycles. The van der Waals surface area contributed by atoms with Crippen molar-refractivity contribution < 1.29 is 13.9 Å². The van der Waals surface area contributed by atoms with Crippen LogP contribution in [0.5, 0.6) is 0 Å². The Balaban J connectivity index is 2.06. The van der Waals surface area contributed by atoms with E-state index in [1.54, 1.807) is 18.2 Å². The van der Waals surface area contributed by atoms with Gasteiger partial charge in [0.2, 0.25) is 0 Å². The van der Waals surface area contributed by atoms with Crippen molar-refractivity contribution in [3.05, 3.63) is 56.0 Å². The quantitative estimate of drug-likeness (QED) is 0.629. The van der Waals surface area contributed by atoms with Gasteiger partial charge in [-0.2, -0.15) is 0 Å². The number of halogens is 3. The third-order valence-corrected chi connectivity index (χ3v) is 4.73. The van der Waals surface area contributed by atoms with Crippen LogP contribution in [0.1, 0.15) is 17.6 Å². The molecule has 3 aromatic rings. The molecular weight excluding hydrogens is 399 g/mol. The van der Waals surface area contributed by atoms with Gasteiger partial charge in [-0.1, -0.05) is 23.7 Å². The molecule has 0 spiro atoms. The Kier molecular flexibility index (Phi) is 3.47. The van der Waals surface area contributed by atoms with E-state index in [4.69, 9.17) is 20.4 Å². The fourth-order valence-corrected chi connectivity index (χ4v) is 2.65. The van der Waals surface area contributed by atoms with Gasteiger partial charge in [-0.15, -0.1) is 0 Å². The summed E-state index contributed by atoms with van der Waals surface area (Å²) in [6, 6.07) is 8.87. The number of aliphatic hydroxyl groups is 1. The number of aliphatic hydroxyl groups excluding tert-OH is 1. The zero-order valence-electron chi connectivity index (χ0n) is 9.36. The predicted molar refractivity (Wildman–Crippen MR) is 79.4 cm³/mol. The summed E-state index contributed by atoms with van der Waals surface area (Å²) in [4.78, 5) is 0. The van der Waals surface area contributed by atoms with Gasteiger partial charge < -0.3 is 13.9 Å². The first-order valence-electron chi connectivity index (χ1n) is 5.37. The normalized spacial score (nSPS) is 13.1. The van der Waals surface area contributed by atoms with Crippen molar-refractivity contribution in [3.8, 4) is 0 Å². The summed E-state index contributed by atoms with van der Waals surface area (Å²) in [6.45, 7) is 0. The molecule has 0 bridgehead atoms. The van der Waals surface area contributed by atoms with Crippen molar-refractivity contribution in [3.63, 3.8) is 0 Å². The first-order valence-corrected chi connectivity index (χ1v) is 7.33. The molecule has 1 aromatic carbocycles. The maximum Gasteiger partial charge on any atom is 0.183 e. The third-order valence-electron chi connectivity index (χ3n) is 2.72. The fraction of sp³-hybridized carbons (Fsp3) is 0.0769. The Morgan fingerprint density at radius 3 is 2.47 bits per heavy atom. The monoisotopic (exact) mass is 404 g/mol. The Hall–Kier alpha value is -0.750. The van der Waals surface area contributed by atoms with E-state index in [9.17, 15) is 5.11 Å². The molecule has 6 heteroatoms. The Labute approximate surface area is 130 Å². The minimum Gasteiger partial charge on any atom is -0.456 e. The van der Waals surface area contributed by atoms with Crippen LogP contribution in [0, 0.1) is 0 Å². The second kappa shape index (κ2) is 4.98. The van der Waals surface area contributed by atoms with Crippen LogP contribution in [0.4, 0.5) is 0 Å². The Bertz CT molecular complexity index is 728. The summed E-state index contributed by atoms with van der Waals surface area (Å²) in [5, 5.41) is 11.6.